The number of nitro groups is 1. The first-order valence-electron chi connectivity index (χ1n) is 5.53. The number of non-ortho nitro benzene ring substituents is 1. The molecule has 6 nitrogen and oxygen atoms in total. The lowest BCUT2D eigenvalue weighted by Crippen LogP contribution is -2.01. The second kappa shape index (κ2) is 6.39. The average molecular weight is 464 g/mol. The van der Waals surface area contributed by atoms with Crippen molar-refractivity contribution in [3.8, 4) is 11.5 Å². The first-order valence-corrected chi connectivity index (χ1v) is 7.40. The molecule has 0 fully saturated rings. The van der Waals surface area contributed by atoms with Crippen LogP contribution in [0.5, 0.6) is 11.5 Å². The Labute approximate surface area is 141 Å². The molecule has 108 valence electrons. The van der Waals surface area contributed by atoms with Crippen molar-refractivity contribution in [1.82, 2.24) is 0 Å². The zero-order chi connectivity index (χ0) is 15.6. The molecule has 0 heterocycles. The summed E-state index contributed by atoms with van der Waals surface area (Å²) in [7, 11) is 0. The predicted molar refractivity (Wildman–Crippen MR) is 87.0 cm³/mol. The van der Waals surface area contributed by atoms with E-state index in [-0.39, 0.29) is 17.0 Å². The van der Waals surface area contributed by atoms with Gasteiger partial charge in [0.1, 0.15) is 17.1 Å². The van der Waals surface area contributed by atoms with Gasteiger partial charge in [0.05, 0.1) is 9.40 Å². The summed E-state index contributed by atoms with van der Waals surface area (Å²) >= 11 is 5.17. The quantitative estimate of drug-likeness (QED) is 0.411. The summed E-state index contributed by atoms with van der Waals surface area (Å²) < 4.78 is 6.67. The van der Waals surface area contributed by atoms with E-state index in [4.69, 9.17) is 9.84 Å². The molecule has 2 aromatic carbocycles. The number of hydrogen-bond donors (Lipinski definition) is 1. The molecule has 0 radical (unpaired) electrons. The van der Waals surface area contributed by atoms with Crippen molar-refractivity contribution in [2.24, 2.45) is 0 Å². The van der Waals surface area contributed by atoms with Gasteiger partial charge >= 0.3 is 5.97 Å². The highest BCUT2D eigenvalue weighted by Gasteiger charge is 2.15. The minimum absolute atomic E-state index is 0.0205. The van der Waals surface area contributed by atoms with Crippen LogP contribution in [0.15, 0.2) is 40.9 Å². The second-order valence-corrected chi connectivity index (χ2v) is 6.02. The average Bonchev–Trinajstić information content (AvgIpc) is 2.42. The van der Waals surface area contributed by atoms with Gasteiger partial charge in [0.2, 0.25) is 0 Å². The minimum Gasteiger partial charge on any atom is -0.478 e. The van der Waals surface area contributed by atoms with Crippen LogP contribution in [0, 0.1) is 13.7 Å². The molecule has 0 aromatic heterocycles. The fourth-order valence-corrected chi connectivity index (χ4v) is 2.50. The summed E-state index contributed by atoms with van der Waals surface area (Å²) in [5.74, 6) is -0.650. The molecule has 0 saturated carbocycles. The van der Waals surface area contributed by atoms with Crippen LogP contribution < -0.4 is 4.74 Å². The van der Waals surface area contributed by atoms with Gasteiger partial charge in [-0.2, -0.15) is 0 Å². The van der Waals surface area contributed by atoms with Crippen LogP contribution in [0.1, 0.15) is 10.4 Å². The van der Waals surface area contributed by atoms with Crippen LogP contribution in [0.3, 0.4) is 0 Å². The largest absolute Gasteiger partial charge is 0.478 e. The summed E-state index contributed by atoms with van der Waals surface area (Å²) in [5.41, 5.74) is -0.0672. The van der Waals surface area contributed by atoms with Gasteiger partial charge < -0.3 is 9.84 Å². The van der Waals surface area contributed by atoms with Gasteiger partial charge in [-0.3, -0.25) is 10.1 Å². The first-order chi connectivity index (χ1) is 9.88. The standard InChI is InChI=1S/C13H7BrINO5/c14-10-6-8(16(19)20)2-4-12(10)21-11-3-1-7(15)5-9(11)13(17)18/h1-6H,(H,17,18). The highest BCUT2D eigenvalue weighted by molar-refractivity contribution is 14.1. The van der Waals surface area contributed by atoms with E-state index in [1.165, 1.54) is 24.3 Å². The monoisotopic (exact) mass is 463 g/mol. The number of halogens is 2. The molecular formula is C13H7BrINO5. The van der Waals surface area contributed by atoms with E-state index in [0.717, 1.165) is 3.57 Å². The molecule has 2 rings (SSSR count). The van der Waals surface area contributed by atoms with Crippen LogP contribution in [0.4, 0.5) is 5.69 Å². The number of ether oxygens (including phenoxy) is 1. The van der Waals surface area contributed by atoms with Crippen molar-refractivity contribution in [1.29, 1.82) is 0 Å². The van der Waals surface area contributed by atoms with Crippen molar-refractivity contribution in [2.45, 2.75) is 0 Å². The fourth-order valence-electron chi connectivity index (χ4n) is 1.56. The Kier molecular flexibility index (Phi) is 4.78. The molecule has 21 heavy (non-hydrogen) atoms. The topological polar surface area (TPSA) is 89.7 Å². The summed E-state index contributed by atoms with van der Waals surface area (Å²) in [6.07, 6.45) is 0. The third kappa shape index (κ3) is 3.70. The number of carboxylic acid groups (broad SMARTS) is 1. The van der Waals surface area contributed by atoms with Gasteiger partial charge in [-0.05, 0) is 62.8 Å². The number of nitro benzene ring substituents is 1. The van der Waals surface area contributed by atoms with Crippen molar-refractivity contribution >= 4 is 50.2 Å². The predicted octanol–water partition coefficient (Wildman–Crippen LogP) is 4.45. The molecule has 2 aromatic rings. The van der Waals surface area contributed by atoms with Gasteiger partial charge in [-0.25, -0.2) is 4.79 Å². The van der Waals surface area contributed by atoms with Crippen LogP contribution in [-0.2, 0) is 0 Å². The van der Waals surface area contributed by atoms with Crippen LogP contribution in [-0.4, -0.2) is 16.0 Å². The maximum Gasteiger partial charge on any atom is 0.339 e. The molecular weight excluding hydrogens is 457 g/mol. The van der Waals surface area contributed by atoms with E-state index < -0.39 is 10.9 Å². The minimum atomic E-state index is -1.11. The molecule has 0 spiro atoms. The van der Waals surface area contributed by atoms with E-state index in [9.17, 15) is 14.9 Å². The van der Waals surface area contributed by atoms with Crippen molar-refractivity contribution in [2.75, 3.05) is 0 Å². The van der Waals surface area contributed by atoms with Crippen molar-refractivity contribution < 1.29 is 19.6 Å². The zero-order valence-corrected chi connectivity index (χ0v) is 14.0. The number of rotatable bonds is 4. The van der Waals surface area contributed by atoms with Crippen molar-refractivity contribution in [3.05, 3.63) is 60.1 Å². The van der Waals surface area contributed by atoms with Gasteiger partial charge in [-0.15, -0.1) is 0 Å². The highest BCUT2D eigenvalue weighted by atomic mass is 127. The zero-order valence-electron chi connectivity index (χ0n) is 10.2. The van der Waals surface area contributed by atoms with E-state index in [1.807, 2.05) is 22.6 Å². The van der Waals surface area contributed by atoms with Gasteiger partial charge in [0.15, 0.2) is 0 Å². The van der Waals surface area contributed by atoms with Crippen LogP contribution in [0.25, 0.3) is 0 Å². The maximum atomic E-state index is 11.2. The smallest absolute Gasteiger partial charge is 0.339 e. The van der Waals surface area contributed by atoms with Crippen LogP contribution >= 0.6 is 38.5 Å². The van der Waals surface area contributed by atoms with Gasteiger partial charge in [0.25, 0.3) is 5.69 Å². The summed E-state index contributed by atoms with van der Waals surface area (Å²) in [5, 5.41) is 19.8. The lowest BCUT2D eigenvalue weighted by Gasteiger charge is -2.10. The Balaban J connectivity index is 2.39. The molecule has 0 bridgehead atoms. The maximum absolute atomic E-state index is 11.2. The molecule has 0 amide bonds. The Morgan fingerprint density at radius 2 is 1.90 bits per heavy atom. The molecule has 8 heteroatoms. The van der Waals surface area contributed by atoms with E-state index >= 15 is 0 Å². The van der Waals surface area contributed by atoms with Gasteiger partial charge in [-0.1, -0.05) is 0 Å². The van der Waals surface area contributed by atoms with Crippen molar-refractivity contribution in [3.63, 3.8) is 0 Å². The Bertz CT molecular complexity index is 734. The van der Waals surface area contributed by atoms with E-state index in [1.54, 1.807) is 12.1 Å². The lowest BCUT2D eigenvalue weighted by molar-refractivity contribution is -0.384. The molecule has 0 atom stereocenters. The number of nitrogens with zero attached hydrogens (tertiary/aromatic N) is 1. The molecule has 0 aliphatic rings. The Morgan fingerprint density at radius 3 is 2.48 bits per heavy atom. The summed E-state index contributed by atoms with van der Waals surface area (Å²) in [4.78, 5) is 21.4. The lowest BCUT2D eigenvalue weighted by atomic mass is 10.2. The second-order valence-electron chi connectivity index (χ2n) is 3.92. The normalized spacial score (nSPS) is 10.2. The number of carboxylic acids is 1. The summed E-state index contributed by atoms with van der Waals surface area (Å²) in [6, 6.07) is 8.72. The van der Waals surface area contributed by atoms with Gasteiger partial charge in [0, 0.05) is 15.7 Å². The number of aromatic carboxylic acids is 1. The summed E-state index contributed by atoms with van der Waals surface area (Å²) in [6.45, 7) is 0. The highest BCUT2D eigenvalue weighted by Crippen LogP contribution is 2.34. The number of carbonyl (C=O) groups is 1. The molecule has 0 aliphatic heterocycles. The molecule has 0 aliphatic carbocycles. The van der Waals surface area contributed by atoms with E-state index in [0.29, 0.717) is 10.2 Å². The fraction of sp³-hybridized carbons (Fsp3) is 0. The first kappa shape index (κ1) is 15.7. The number of benzene rings is 2. The Morgan fingerprint density at radius 1 is 1.24 bits per heavy atom. The van der Waals surface area contributed by atoms with Crippen LogP contribution in [0.2, 0.25) is 0 Å². The Hall–Kier alpha value is -1.68. The number of hydrogen-bond acceptors (Lipinski definition) is 4. The molecule has 0 saturated heterocycles. The van der Waals surface area contributed by atoms with E-state index in [2.05, 4.69) is 15.9 Å². The molecule has 0 unspecified atom stereocenters. The molecule has 1 N–H and O–H groups in total. The third-order valence-corrected chi connectivity index (χ3v) is 3.81. The third-order valence-electron chi connectivity index (χ3n) is 2.52. The SMILES string of the molecule is O=C(O)c1cc(I)ccc1Oc1ccc([N+](=O)[O-])cc1Br.